The van der Waals surface area contributed by atoms with E-state index in [1.54, 1.807) is 0 Å². The molecule has 128 valence electrons. The van der Waals surface area contributed by atoms with Crippen molar-refractivity contribution in [2.45, 2.75) is 34.6 Å². The zero-order valence-corrected chi connectivity index (χ0v) is 15.5. The molecule has 2 aromatic rings. The number of hydrogen-bond acceptors (Lipinski definition) is 2. The van der Waals surface area contributed by atoms with Gasteiger partial charge in [-0.05, 0) is 30.5 Å². The zero-order chi connectivity index (χ0) is 18.6. The molecule has 0 aliphatic carbocycles. The molecule has 0 heterocycles. The van der Waals surface area contributed by atoms with Gasteiger partial charge in [0.25, 0.3) is 5.91 Å². The number of carbonyl (C=O) groups excluding carboxylic acids is 1. The molecule has 0 unspecified atom stereocenters. The summed E-state index contributed by atoms with van der Waals surface area (Å²) in [5.41, 5.74) is 4.05. The Morgan fingerprint density at radius 3 is 2.00 bits per heavy atom. The number of allylic oxidation sites excluding steroid dienone is 2. The van der Waals surface area contributed by atoms with Crippen molar-refractivity contribution in [1.29, 1.82) is 5.26 Å². The first-order chi connectivity index (χ1) is 11.8. The molecule has 0 fully saturated rings. The summed E-state index contributed by atoms with van der Waals surface area (Å²) in [6, 6.07) is 17.5. The average molecular weight is 332 g/mol. The largest absolute Gasteiger partial charge is 0.324 e. The molecule has 3 heteroatoms. The van der Waals surface area contributed by atoms with Gasteiger partial charge in [-0.1, -0.05) is 69.3 Å². The van der Waals surface area contributed by atoms with Crippen LogP contribution in [0.5, 0.6) is 0 Å². The van der Waals surface area contributed by atoms with Gasteiger partial charge in [0.15, 0.2) is 0 Å². The molecule has 0 saturated carbocycles. The molecule has 2 aromatic carbocycles. The number of nitriles is 1. The number of amides is 1. The Bertz CT molecular complexity index is 830. The minimum Gasteiger partial charge on any atom is -0.324 e. The van der Waals surface area contributed by atoms with Crippen LogP contribution in [-0.4, -0.2) is 5.91 Å². The zero-order valence-electron chi connectivity index (χ0n) is 15.5. The molecule has 0 aliphatic rings. The summed E-state index contributed by atoms with van der Waals surface area (Å²) in [4.78, 5) is 12.9. The first-order valence-electron chi connectivity index (χ1n) is 8.33. The highest BCUT2D eigenvalue weighted by Crippen LogP contribution is 2.31. The van der Waals surface area contributed by atoms with Gasteiger partial charge in [-0.2, -0.15) is 5.26 Å². The molecule has 0 aliphatic heterocycles. The third-order valence-electron chi connectivity index (χ3n) is 4.12. The standard InChI is InChI=1S/C22H24N2O/c1-15-10-9-11-16(2)19(15)21(25)24-20(22(3,4)5)18(14-23)17-12-7-6-8-13-17/h6-13H,1-5H3,(H,24,25). The van der Waals surface area contributed by atoms with Crippen LogP contribution in [0.15, 0.2) is 54.2 Å². The first kappa shape index (κ1) is 18.5. The van der Waals surface area contributed by atoms with Gasteiger partial charge in [-0.25, -0.2) is 0 Å². The Balaban J connectivity index is 2.55. The van der Waals surface area contributed by atoms with Gasteiger partial charge < -0.3 is 5.32 Å². The molecule has 0 atom stereocenters. The molecule has 0 saturated heterocycles. The summed E-state index contributed by atoms with van der Waals surface area (Å²) in [5.74, 6) is -0.177. The quantitative estimate of drug-likeness (QED) is 0.803. The lowest BCUT2D eigenvalue weighted by Gasteiger charge is -2.26. The van der Waals surface area contributed by atoms with Crippen molar-refractivity contribution in [2.24, 2.45) is 5.41 Å². The molecular formula is C22H24N2O. The molecule has 2 rings (SSSR count). The number of carbonyl (C=O) groups is 1. The number of hydrogen-bond donors (Lipinski definition) is 1. The fraction of sp³-hybridized carbons (Fsp3) is 0.273. The SMILES string of the molecule is Cc1cccc(C)c1C(=O)NC(=C(C#N)c1ccccc1)C(C)(C)C. The summed E-state index contributed by atoms with van der Waals surface area (Å²) in [6.07, 6.45) is 0. The van der Waals surface area contributed by atoms with Crippen LogP contribution in [0.1, 0.15) is 47.8 Å². The first-order valence-corrected chi connectivity index (χ1v) is 8.33. The third-order valence-corrected chi connectivity index (χ3v) is 4.12. The van der Waals surface area contributed by atoms with E-state index >= 15 is 0 Å². The molecule has 0 aromatic heterocycles. The summed E-state index contributed by atoms with van der Waals surface area (Å²) < 4.78 is 0. The van der Waals surface area contributed by atoms with Crippen LogP contribution in [0.3, 0.4) is 0 Å². The Morgan fingerprint density at radius 2 is 1.52 bits per heavy atom. The lowest BCUT2D eigenvalue weighted by molar-refractivity contribution is 0.0957. The number of nitrogens with zero attached hydrogens (tertiary/aromatic N) is 1. The Kier molecular flexibility index (Phi) is 5.44. The maximum absolute atomic E-state index is 12.9. The van der Waals surface area contributed by atoms with Crippen molar-refractivity contribution in [3.8, 4) is 6.07 Å². The van der Waals surface area contributed by atoms with Gasteiger partial charge >= 0.3 is 0 Å². The number of nitrogens with one attached hydrogen (secondary N) is 1. The molecule has 0 bridgehead atoms. The lowest BCUT2D eigenvalue weighted by Crippen LogP contribution is -2.32. The second kappa shape index (κ2) is 7.36. The Morgan fingerprint density at radius 1 is 0.960 bits per heavy atom. The van der Waals surface area contributed by atoms with Crippen LogP contribution >= 0.6 is 0 Å². The highest BCUT2D eigenvalue weighted by molar-refractivity contribution is 5.99. The van der Waals surface area contributed by atoms with Crippen molar-refractivity contribution in [3.63, 3.8) is 0 Å². The molecular weight excluding hydrogens is 308 g/mol. The van der Waals surface area contributed by atoms with Gasteiger partial charge in [0.2, 0.25) is 0 Å². The molecule has 25 heavy (non-hydrogen) atoms. The van der Waals surface area contributed by atoms with Crippen molar-refractivity contribution in [3.05, 3.63) is 76.5 Å². The highest BCUT2D eigenvalue weighted by Gasteiger charge is 2.25. The topological polar surface area (TPSA) is 52.9 Å². The lowest BCUT2D eigenvalue weighted by atomic mass is 9.86. The maximum Gasteiger partial charge on any atom is 0.256 e. The van der Waals surface area contributed by atoms with Gasteiger partial charge in [0.1, 0.15) is 6.07 Å². The summed E-state index contributed by atoms with van der Waals surface area (Å²) in [6.45, 7) is 9.82. The highest BCUT2D eigenvalue weighted by atomic mass is 16.1. The summed E-state index contributed by atoms with van der Waals surface area (Å²) in [5, 5.41) is 12.8. The van der Waals surface area contributed by atoms with Crippen molar-refractivity contribution >= 4 is 11.5 Å². The monoisotopic (exact) mass is 332 g/mol. The molecule has 0 radical (unpaired) electrons. The Labute approximate surface area is 150 Å². The smallest absolute Gasteiger partial charge is 0.256 e. The number of benzene rings is 2. The van der Waals surface area contributed by atoms with E-state index in [1.807, 2.05) is 83.1 Å². The van der Waals surface area contributed by atoms with E-state index in [1.165, 1.54) is 0 Å². The summed E-state index contributed by atoms with van der Waals surface area (Å²) in [7, 11) is 0. The van der Waals surface area contributed by atoms with Crippen molar-refractivity contribution in [1.82, 2.24) is 5.32 Å². The maximum atomic E-state index is 12.9. The third kappa shape index (κ3) is 4.16. The molecule has 3 nitrogen and oxygen atoms in total. The van der Waals surface area contributed by atoms with E-state index in [0.717, 1.165) is 16.7 Å². The predicted octanol–water partition coefficient (Wildman–Crippen LogP) is 5.01. The van der Waals surface area contributed by atoms with E-state index in [0.29, 0.717) is 16.8 Å². The van der Waals surface area contributed by atoms with Crippen LogP contribution in [0.2, 0.25) is 0 Å². The molecule has 1 amide bonds. The van der Waals surface area contributed by atoms with Crippen molar-refractivity contribution < 1.29 is 4.79 Å². The predicted molar refractivity (Wildman–Crippen MR) is 102 cm³/mol. The minimum atomic E-state index is -0.382. The normalized spacial score (nSPS) is 12.2. The fourth-order valence-electron chi connectivity index (χ4n) is 2.84. The van der Waals surface area contributed by atoms with E-state index in [9.17, 15) is 10.1 Å². The minimum absolute atomic E-state index is 0.177. The van der Waals surface area contributed by atoms with Crippen LogP contribution in [0.4, 0.5) is 0 Å². The van der Waals surface area contributed by atoms with E-state index < -0.39 is 0 Å². The van der Waals surface area contributed by atoms with Crippen LogP contribution in [0, 0.1) is 30.6 Å². The van der Waals surface area contributed by atoms with Crippen LogP contribution in [-0.2, 0) is 0 Å². The second-order valence-corrected chi connectivity index (χ2v) is 7.20. The fourth-order valence-corrected chi connectivity index (χ4v) is 2.84. The van der Waals surface area contributed by atoms with Gasteiger partial charge in [-0.3, -0.25) is 4.79 Å². The van der Waals surface area contributed by atoms with Gasteiger partial charge in [-0.15, -0.1) is 0 Å². The summed E-state index contributed by atoms with van der Waals surface area (Å²) >= 11 is 0. The van der Waals surface area contributed by atoms with Crippen LogP contribution in [0.25, 0.3) is 5.57 Å². The van der Waals surface area contributed by atoms with E-state index in [4.69, 9.17) is 0 Å². The van der Waals surface area contributed by atoms with Crippen molar-refractivity contribution in [2.75, 3.05) is 0 Å². The average Bonchev–Trinajstić information content (AvgIpc) is 2.54. The van der Waals surface area contributed by atoms with E-state index in [2.05, 4.69) is 11.4 Å². The molecule has 1 N–H and O–H groups in total. The number of aryl methyl sites for hydroxylation is 2. The van der Waals surface area contributed by atoms with Gasteiger partial charge in [0.05, 0.1) is 5.57 Å². The molecule has 0 spiro atoms. The van der Waals surface area contributed by atoms with E-state index in [-0.39, 0.29) is 11.3 Å². The Hall–Kier alpha value is -2.86. The van der Waals surface area contributed by atoms with Crippen LogP contribution < -0.4 is 5.32 Å². The van der Waals surface area contributed by atoms with Gasteiger partial charge in [0, 0.05) is 16.7 Å². The number of rotatable bonds is 3. The second-order valence-electron chi connectivity index (χ2n) is 7.20.